The van der Waals surface area contributed by atoms with Crippen molar-refractivity contribution in [2.45, 2.75) is 26.2 Å². The summed E-state index contributed by atoms with van der Waals surface area (Å²) in [7, 11) is 0. The molecule has 37 heavy (non-hydrogen) atoms. The molecule has 6 rings (SSSR count). The third-order valence-electron chi connectivity index (χ3n) is 6.88. The number of carbonyl (C=O) groups excluding carboxylic acids is 1. The summed E-state index contributed by atoms with van der Waals surface area (Å²) >= 11 is 1.72. The number of aryl methyl sites for hydroxylation is 1. The number of H-pyrrole nitrogens is 1. The molecule has 1 unspecified atom stereocenters. The maximum atomic E-state index is 12.4. The second-order valence-electron chi connectivity index (χ2n) is 9.26. The Labute approximate surface area is 218 Å². The Hall–Kier alpha value is -3.57. The Morgan fingerprint density at radius 2 is 2.24 bits per heavy atom. The van der Waals surface area contributed by atoms with Gasteiger partial charge in [-0.05, 0) is 43.7 Å². The van der Waals surface area contributed by atoms with Crippen molar-refractivity contribution in [2.24, 2.45) is 10.9 Å². The van der Waals surface area contributed by atoms with Gasteiger partial charge in [0.1, 0.15) is 29.3 Å². The van der Waals surface area contributed by atoms with E-state index in [9.17, 15) is 4.79 Å². The summed E-state index contributed by atoms with van der Waals surface area (Å²) < 4.78 is 11.2. The van der Waals surface area contributed by atoms with E-state index >= 15 is 0 Å². The van der Waals surface area contributed by atoms with Gasteiger partial charge in [0.05, 0.1) is 42.6 Å². The van der Waals surface area contributed by atoms with E-state index in [1.807, 2.05) is 30.2 Å². The number of aromatic nitrogens is 4. The molecule has 3 aromatic heterocycles. The lowest BCUT2D eigenvalue weighted by Crippen LogP contribution is -2.41. The number of hydrogen-bond acceptors (Lipinski definition) is 9. The Balaban J connectivity index is 1.21. The van der Waals surface area contributed by atoms with Gasteiger partial charge < -0.3 is 19.7 Å². The van der Waals surface area contributed by atoms with Crippen LogP contribution in [0.5, 0.6) is 5.75 Å². The number of carbonyl (C=O) groups is 1. The fraction of sp³-hybridized carbons (Fsp3) is 0.423. The maximum Gasteiger partial charge on any atom is 0.244 e. The van der Waals surface area contributed by atoms with E-state index in [2.05, 4.69) is 30.5 Å². The van der Waals surface area contributed by atoms with Crippen LogP contribution in [0.15, 0.2) is 29.6 Å². The maximum absolute atomic E-state index is 12.4. The number of hydrogen-bond donors (Lipinski definition) is 2. The summed E-state index contributed by atoms with van der Waals surface area (Å²) in [6.07, 6.45) is 8.19. The molecule has 0 saturated carbocycles. The van der Waals surface area contributed by atoms with Gasteiger partial charge in [0.25, 0.3) is 0 Å². The smallest absolute Gasteiger partial charge is 0.244 e. The lowest BCUT2D eigenvalue weighted by atomic mass is 9.88. The van der Waals surface area contributed by atoms with Crippen LogP contribution in [0.3, 0.4) is 0 Å². The Morgan fingerprint density at radius 3 is 3.11 bits per heavy atom. The molecule has 0 spiro atoms. The van der Waals surface area contributed by atoms with Gasteiger partial charge in [-0.2, -0.15) is 5.10 Å². The lowest BCUT2D eigenvalue weighted by Gasteiger charge is -2.26. The number of ether oxygens (including phenoxy) is 2. The molecule has 192 valence electrons. The highest BCUT2D eigenvalue weighted by molar-refractivity contribution is 7.19. The highest BCUT2D eigenvalue weighted by Gasteiger charge is 2.25. The molecule has 0 radical (unpaired) electrons. The second kappa shape index (κ2) is 10.4. The van der Waals surface area contributed by atoms with Crippen molar-refractivity contribution in [2.75, 3.05) is 44.8 Å². The standard InChI is InChI=1S/C26H29N7O3S/c1-2-36-21-11-19-17(13-30-32-19)10-20(21)31-25-24-18-4-3-16(9-22(18)37-26(24)29-15-28-25)12-27-14-23(34)33-5-7-35-8-6-33/h10-13,15-16H,2-9,14H2,1H3,(H,30,32)(H,28,29,31). The number of thiophene rings is 1. The molecular weight excluding hydrogens is 490 g/mol. The second-order valence-corrected chi connectivity index (χ2v) is 10.3. The fourth-order valence-electron chi connectivity index (χ4n) is 5.02. The van der Waals surface area contributed by atoms with Gasteiger partial charge in [-0.1, -0.05) is 0 Å². The summed E-state index contributed by atoms with van der Waals surface area (Å²) in [6, 6.07) is 3.99. The molecule has 2 aliphatic rings. The third kappa shape index (κ3) is 4.88. The third-order valence-corrected chi connectivity index (χ3v) is 8.05. The van der Waals surface area contributed by atoms with Gasteiger partial charge in [-0.25, -0.2) is 9.97 Å². The minimum Gasteiger partial charge on any atom is -0.492 e. The highest BCUT2D eigenvalue weighted by atomic mass is 32.1. The molecule has 4 aromatic rings. The predicted molar refractivity (Wildman–Crippen MR) is 144 cm³/mol. The average molecular weight is 520 g/mol. The zero-order chi connectivity index (χ0) is 25.2. The number of nitrogens with one attached hydrogen (secondary N) is 2. The van der Waals surface area contributed by atoms with Gasteiger partial charge >= 0.3 is 0 Å². The number of aromatic amines is 1. The Bertz CT molecular complexity index is 1460. The van der Waals surface area contributed by atoms with Gasteiger partial charge in [0, 0.05) is 35.6 Å². The van der Waals surface area contributed by atoms with E-state index in [1.54, 1.807) is 23.9 Å². The summed E-state index contributed by atoms with van der Waals surface area (Å²) in [5, 5.41) is 12.7. The Kier molecular flexibility index (Phi) is 6.71. The van der Waals surface area contributed by atoms with E-state index < -0.39 is 0 Å². The molecule has 1 aliphatic carbocycles. The number of aliphatic imine (C=N–C) groups is 1. The number of nitrogens with zero attached hydrogens (tertiary/aromatic N) is 5. The summed E-state index contributed by atoms with van der Waals surface area (Å²) in [5.74, 6) is 1.92. The molecule has 1 amide bonds. The van der Waals surface area contributed by atoms with Crippen LogP contribution >= 0.6 is 11.3 Å². The van der Waals surface area contributed by atoms with Gasteiger partial charge in [0.2, 0.25) is 5.91 Å². The molecular formula is C26H29N7O3S. The van der Waals surface area contributed by atoms with Crippen molar-refractivity contribution >= 4 is 56.1 Å². The number of fused-ring (bicyclic) bond motifs is 4. The normalized spacial score (nSPS) is 18.0. The first-order valence-electron chi connectivity index (χ1n) is 12.7. The van der Waals surface area contributed by atoms with Crippen molar-refractivity contribution in [3.63, 3.8) is 0 Å². The monoisotopic (exact) mass is 519 g/mol. The van der Waals surface area contributed by atoms with Gasteiger partial charge in [-0.15, -0.1) is 11.3 Å². The molecule has 0 bridgehead atoms. The number of amides is 1. The van der Waals surface area contributed by atoms with E-state index in [4.69, 9.17) is 9.47 Å². The van der Waals surface area contributed by atoms with Crippen molar-refractivity contribution in [3.8, 4) is 5.75 Å². The summed E-state index contributed by atoms with van der Waals surface area (Å²) in [5.41, 5.74) is 3.08. The largest absolute Gasteiger partial charge is 0.492 e. The van der Waals surface area contributed by atoms with E-state index in [1.165, 1.54) is 10.4 Å². The zero-order valence-corrected chi connectivity index (χ0v) is 21.5. The zero-order valence-electron chi connectivity index (χ0n) is 20.7. The van der Waals surface area contributed by atoms with Crippen molar-refractivity contribution in [1.82, 2.24) is 25.1 Å². The molecule has 10 nitrogen and oxygen atoms in total. The molecule has 1 aliphatic heterocycles. The number of rotatable bonds is 7. The van der Waals surface area contributed by atoms with Crippen molar-refractivity contribution in [3.05, 3.63) is 35.1 Å². The topological polar surface area (TPSA) is 118 Å². The number of benzene rings is 1. The van der Waals surface area contributed by atoms with Crippen LogP contribution < -0.4 is 10.1 Å². The van der Waals surface area contributed by atoms with Crippen LogP contribution in [0.2, 0.25) is 0 Å². The SMILES string of the molecule is CCOc1cc2[nH]ncc2cc1Nc1ncnc2sc3c(c12)CCC(C=NCC(=O)N1CCOCC1)C3. The van der Waals surface area contributed by atoms with Crippen molar-refractivity contribution < 1.29 is 14.3 Å². The number of anilines is 2. The Morgan fingerprint density at radius 1 is 1.35 bits per heavy atom. The van der Waals surface area contributed by atoms with E-state index in [-0.39, 0.29) is 12.5 Å². The van der Waals surface area contributed by atoms with E-state index in [0.717, 1.165) is 57.6 Å². The lowest BCUT2D eigenvalue weighted by molar-refractivity contribution is -0.133. The van der Waals surface area contributed by atoms with Crippen LogP contribution in [0.1, 0.15) is 23.8 Å². The van der Waals surface area contributed by atoms with Crippen LogP contribution in [0.25, 0.3) is 21.1 Å². The van der Waals surface area contributed by atoms with Gasteiger partial charge in [0.15, 0.2) is 0 Å². The first-order chi connectivity index (χ1) is 18.2. The summed E-state index contributed by atoms with van der Waals surface area (Å²) in [6.45, 7) is 5.26. The first-order valence-corrected chi connectivity index (χ1v) is 13.5. The van der Waals surface area contributed by atoms with Crippen LogP contribution in [0, 0.1) is 5.92 Å². The van der Waals surface area contributed by atoms with E-state index in [0.29, 0.717) is 38.8 Å². The quantitative estimate of drug-likeness (QED) is 0.357. The van der Waals surface area contributed by atoms with Crippen molar-refractivity contribution in [1.29, 1.82) is 0 Å². The predicted octanol–water partition coefficient (Wildman–Crippen LogP) is 3.74. The molecule has 1 fully saturated rings. The number of morpholine rings is 1. The highest BCUT2D eigenvalue weighted by Crippen LogP contribution is 2.41. The average Bonchev–Trinajstić information content (AvgIpc) is 3.53. The van der Waals surface area contributed by atoms with Gasteiger partial charge in [-0.3, -0.25) is 14.9 Å². The molecule has 4 heterocycles. The minimum absolute atomic E-state index is 0.0731. The molecule has 2 N–H and O–H groups in total. The molecule has 1 atom stereocenters. The minimum atomic E-state index is 0.0731. The van der Waals surface area contributed by atoms with Crippen LogP contribution in [-0.2, 0) is 22.4 Å². The molecule has 1 saturated heterocycles. The summed E-state index contributed by atoms with van der Waals surface area (Å²) in [4.78, 5) is 30.2. The fourth-order valence-corrected chi connectivity index (χ4v) is 6.30. The first kappa shape index (κ1) is 23.8. The molecule has 1 aromatic carbocycles. The van der Waals surface area contributed by atoms with Crippen LogP contribution in [-0.4, -0.2) is 76.6 Å². The van der Waals surface area contributed by atoms with Crippen LogP contribution in [0.4, 0.5) is 11.5 Å². The molecule has 11 heteroatoms.